The lowest BCUT2D eigenvalue weighted by Gasteiger charge is -2.00. The van der Waals surface area contributed by atoms with Crippen LogP contribution < -0.4 is 10.6 Å². The fraction of sp³-hybridized carbons (Fsp3) is 0.111. The first-order valence-corrected chi connectivity index (χ1v) is 3.91. The van der Waals surface area contributed by atoms with Crippen molar-refractivity contribution in [1.82, 2.24) is 0 Å². The van der Waals surface area contributed by atoms with Gasteiger partial charge >= 0.3 is 6.18 Å². The molecule has 0 aliphatic carbocycles. The molecule has 0 N–H and O–H groups in total. The number of hydrogen-bond acceptors (Lipinski definition) is 3. The van der Waals surface area contributed by atoms with E-state index in [-0.39, 0.29) is 16.3 Å². The molecule has 0 bridgehead atoms. The van der Waals surface area contributed by atoms with Crippen molar-refractivity contribution in [3.8, 4) is 0 Å². The van der Waals surface area contributed by atoms with Gasteiger partial charge in [-0.1, -0.05) is 6.07 Å². The van der Waals surface area contributed by atoms with Crippen molar-refractivity contribution >= 4 is 17.5 Å². The predicted molar refractivity (Wildman–Crippen MR) is 45.2 cm³/mol. The molecule has 0 spiro atoms. The van der Waals surface area contributed by atoms with Gasteiger partial charge in [-0.2, -0.15) is 13.2 Å². The van der Waals surface area contributed by atoms with Crippen LogP contribution >= 0.6 is 0 Å². The van der Waals surface area contributed by atoms with E-state index in [1.54, 1.807) is 0 Å². The van der Waals surface area contributed by atoms with E-state index in [1.165, 1.54) is 24.1 Å². The topological polar surface area (TPSA) is 41.8 Å². The highest BCUT2D eigenvalue weighted by atomic mass is 19.4. The smallest absolute Gasteiger partial charge is 0.233 e. The molecule has 0 atom stereocenters. The van der Waals surface area contributed by atoms with Gasteiger partial charge < -0.3 is 0 Å². The zero-order chi connectivity index (χ0) is 11.1. The number of para-hydroxylation sites is 1. The SMILES string of the molecule is O=C=c1cccc2c1=NC(C(F)(F)F)=N2. The van der Waals surface area contributed by atoms with E-state index < -0.39 is 12.0 Å². The second-order valence-corrected chi connectivity index (χ2v) is 2.82. The average Bonchev–Trinajstić information content (AvgIpc) is 2.59. The van der Waals surface area contributed by atoms with Crippen molar-refractivity contribution < 1.29 is 18.0 Å². The van der Waals surface area contributed by atoms with Gasteiger partial charge in [0.25, 0.3) is 0 Å². The van der Waals surface area contributed by atoms with Crippen LogP contribution in [0.15, 0.2) is 28.2 Å². The molecule has 0 unspecified atom stereocenters. The van der Waals surface area contributed by atoms with Crippen LogP contribution in [0.5, 0.6) is 0 Å². The molecule has 3 nitrogen and oxygen atoms in total. The fourth-order valence-corrected chi connectivity index (χ4v) is 1.19. The number of benzene rings is 1. The molecule has 0 radical (unpaired) electrons. The molecule has 1 heterocycles. The number of nitrogens with zero attached hydrogens (tertiary/aromatic N) is 2. The normalized spacial score (nSPS) is 13.9. The van der Waals surface area contributed by atoms with Gasteiger partial charge in [0.1, 0.15) is 11.3 Å². The summed E-state index contributed by atoms with van der Waals surface area (Å²) in [4.78, 5) is 16.9. The minimum Gasteiger partial charge on any atom is -0.233 e. The third-order valence-corrected chi connectivity index (χ3v) is 1.82. The number of hydrogen-bond donors (Lipinski definition) is 0. The van der Waals surface area contributed by atoms with Crippen LogP contribution in [0, 0.1) is 0 Å². The molecule has 0 amide bonds. The van der Waals surface area contributed by atoms with E-state index in [4.69, 9.17) is 0 Å². The largest absolute Gasteiger partial charge is 0.451 e. The van der Waals surface area contributed by atoms with Crippen molar-refractivity contribution in [3.63, 3.8) is 0 Å². The molecule has 2 rings (SSSR count). The van der Waals surface area contributed by atoms with Gasteiger partial charge in [0, 0.05) is 0 Å². The minimum atomic E-state index is -4.60. The lowest BCUT2D eigenvalue weighted by atomic mass is 10.2. The molecular formula is C9H3F3N2O. The first-order valence-electron chi connectivity index (χ1n) is 3.91. The van der Waals surface area contributed by atoms with Gasteiger partial charge in [-0.15, -0.1) is 0 Å². The summed E-state index contributed by atoms with van der Waals surface area (Å²) < 4.78 is 36.7. The maximum atomic E-state index is 12.2. The summed E-state index contributed by atoms with van der Waals surface area (Å²) in [5, 5.41) is -0.0877. The summed E-state index contributed by atoms with van der Waals surface area (Å²) in [6.45, 7) is 0. The van der Waals surface area contributed by atoms with Crippen LogP contribution in [-0.2, 0) is 4.79 Å². The molecule has 76 valence electrons. The third-order valence-electron chi connectivity index (χ3n) is 1.82. The second-order valence-electron chi connectivity index (χ2n) is 2.82. The van der Waals surface area contributed by atoms with Crippen molar-refractivity contribution in [3.05, 3.63) is 28.8 Å². The lowest BCUT2D eigenvalue weighted by molar-refractivity contribution is -0.0595. The highest BCUT2D eigenvalue weighted by molar-refractivity contribution is 5.93. The van der Waals surface area contributed by atoms with Gasteiger partial charge in [-0.05, 0) is 12.1 Å². The van der Waals surface area contributed by atoms with Gasteiger partial charge in [-0.3, -0.25) is 0 Å². The van der Waals surface area contributed by atoms with Crippen LogP contribution in [0.1, 0.15) is 0 Å². The fourth-order valence-electron chi connectivity index (χ4n) is 1.19. The molecule has 0 fully saturated rings. The summed E-state index contributed by atoms with van der Waals surface area (Å²) in [6, 6.07) is 4.12. The zero-order valence-electron chi connectivity index (χ0n) is 7.17. The van der Waals surface area contributed by atoms with Gasteiger partial charge in [0.2, 0.25) is 5.84 Å². The highest BCUT2D eigenvalue weighted by Crippen LogP contribution is 2.22. The second kappa shape index (κ2) is 3.03. The Hall–Kier alpha value is -1.94. The van der Waals surface area contributed by atoms with Crippen molar-refractivity contribution in [2.24, 2.45) is 9.98 Å². The maximum Gasteiger partial charge on any atom is 0.451 e. The Bertz CT molecular complexity index is 582. The van der Waals surface area contributed by atoms with Crippen molar-refractivity contribution in [1.29, 1.82) is 0 Å². The van der Waals surface area contributed by atoms with E-state index in [1.807, 2.05) is 0 Å². The number of alkyl halides is 3. The van der Waals surface area contributed by atoms with Crippen LogP contribution in [-0.4, -0.2) is 18.0 Å². The predicted octanol–water partition coefficient (Wildman–Crippen LogP) is 0.415. The van der Waals surface area contributed by atoms with Crippen LogP contribution in [0.2, 0.25) is 0 Å². The first-order chi connectivity index (χ1) is 7.02. The summed E-state index contributed by atoms with van der Waals surface area (Å²) in [7, 11) is 0. The van der Waals surface area contributed by atoms with E-state index >= 15 is 0 Å². The Morgan fingerprint density at radius 3 is 2.53 bits per heavy atom. The van der Waals surface area contributed by atoms with Gasteiger partial charge in [-0.25, -0.2) is 14.8 Å². The molecule has 0 saturated heterocycles. The van der Waals surface area contributed by atoms with E-state index in [0.29, 0.717) is 0 Å². The zero-order valence-corrected chi connectivity index (χ0v) is 7.17. The molecule has 1 aliphatic rings. The van der Waals surface area contributed by atoms with E-state index in [9.17, 15) is 18.0 Å². The summed E-state index contributed by atoms with van der Waals surface area (Å²) in [6.07, 6.45) is -4.60. The quantitative estimate of drug-likeness (QED) is 0.614. The lowest BCUT2D eigenvalue weighted by Crippen LogP contribution is -2.27. The Morgan fingerprint density at radius 2 is 1.93 bits per heavy atom. The molecule has 0 saturated carbocycles. The number of halogens is 3. The Balaban J connectivity index is 2.72. The maximum absolute atomic E-state index is 12.2. The molecule has 15 heavy (non-hydrogen) atoms. The van der Waals surface area contributed by atoms with E-state index in [2.05, 4.69) is 9.98 Å². The van der Waals surface area contributed by atoms with Crippen LogP contribution in [0.4, 0.5) is 18.9 Å². The third kappa shape index (κ3) is 1.55. The standard InChI is InChI=1S/C9H3F3N2O/c10-9(11,12)8-13-6-3-1-2-5(4-15)7(6)14-8/h1-3H. The van der Waals surface area contributed by atoms with Gasteiger partial charge in [0.15, 0.2) is 0 Å². The van der Waals surface area contributed by atoms with Crippen LogP contribution in [0.25, 0.3) is 0 Å². The number of amidine groups is 1. The molecule has 0 aromatic heterocycles. The summed E-state index contributed by atoms with van der Waals surface area (Å²) in [5.74, 6) is 0.279. The monoisotopic (exact) mass is 212 g/mol. The number of rotatable bonds is 0. The van der Waals surface area contributed by atoms with E-state index in [0.717, 1.165) is 0 Å². The van der Waals surface area contributed by atoms with Crippen molar-refractivity contribution in [2.45, 2.75) is 6.18 Å². The molecule has 1 aromatic rings. The summed E-state index contributed by atoms with van der Waals surface area (Å²) >= 11 is 0. The molecular weight excluding hydrogens is 209 g/mol. The van der Waals surface area contributed by atoms with Crippen LogP contribution in [0.3, 0.4) is 0 Å². The first kappa shape index (κ1) is 9.61. The molecule has 1 aliphatic heterocycles. The van der Waals surface area contributed by atoms with Crippen molar-refractivity contribution in [2.75, 3.05) is 0 Å². The highest BCUT2D eigenvalue weighted by Gasteiger charge is 2.37. The summed E-state index contributed by atoms with van der Waals surface area (Å²) in [5.41, 5.74) is 0.0446. The number of aliphatic imine (C=N–C) groups is 1. The minimum absolute atomic E-state index is 0.0181. The Kier molecular flexibility index (Phi) is 1.94. The van der Waals surface area contributed by atoms with Gasteiger partial charge in [0.05, 0.1) is 10.9 Å². The Morgan fingerprint density at radius 1 is 1.20 bits per heavy atom. The number of carbonyl (C=O) groups excluding carboxylic acids is 1. The average molecular weight is 212 g/mol. The molecule has 6 heteroatoms. The number of fused-ring (bicyclic) bond motifs is 1. The Labute approximate surface area is 81.3 Å². The molecule has 1 aromatic carbocycles.